The summed E-state index contributed by atoms with van der Waals surface area (Å²) in [5, 5.41) is 5.99. The van der Waals surface area contributed by atoms with E-state index < -0.39 is 5.54 Å². The van der Waals surface area contributed by atoms with Gasteiger partial charge in [0.1, 0.15) is 6.29 Å². The number of aromatic nitrogens is 1. The molecular weight excluding hydrogens is 526 g/mol. The number of hydrogen-bond donors (Lipinski definition) is 3. The van der Waals surface area contributed by atoms with E-state index >= 15 is 0 Å². The molecule has 1 aromatic rings. The van der Waals surface area contributed by atoms with Gasteiger partial charge in [-0.15, -0.1) is 0 Å². The molecule has 0 atom stereocenters. The van der Waals surface area contributed by atoms with Crippen LogP contribution in [0.1, 0.15) is 49.9 Å². The molecule has 0 unspecified atom stereocenters. The summed E-state index contributed by atoms with van der Waals surface area (Å²) in [4.78, 5) is 53.8. The number of amides is 3. The number of thioether (sulfide) groups is 2. The number of nitrogens with two attached hydrogens (primary N) is 1. The Bertz CT molecular complexity index is 936. The van der Waals surface area contributed by atoms with Crippen molar-refractivity contribution in [1.29, 1.82) is 0 Å². The van der Waals surface area contributed by atoms with Gasteiger partial charge in [-0.2, -0.15) is 23.5 Å². The predicted molar refractivity (Wildman–Crippen MR) is 150 cm³/mol. The molecule has 0 bridgehead atoms. The minimum atomic E-state index is -0.779. The van der Waals surface area contributed by atoms with E-state index in [2.05, 4.69) is 10.6 Å². The first-order valence-electron chi connectivity index (χ1n) is 13.1. The van der Waals surface area contributed by atoms with Gasteiger partial charge in [-0.1, -0.05) is 6.07 Å². The Kier molecular flexibility index (Phi) is 12.9. The Morgan fingerprint density at radius 2 is 1.66 bits per heavy atom. The number of nitrogens with zero attached hydrogens (tertiary/aromatic N) is 2. The molecule has 210 valence electrons. The summed E-state index contributed by atoms with van der Waals surface area (Å²) in [6, 6.07) is 6.11. The number of ether oxygens (including phenoxy) is 1. The Hall–Kier alpha value is -2.15. The fourth-order valence-electron chi connectivity index (χ4n) is 4.48. The van der Waals surface area contributed by atoms with Gasteiger partial charge < -0.3 is 25.9 Å². The van der Waals surface area contributed by atoms with E-state index in [4.69, 9.17) is 15.5 Å². The molecule has 3 heterocycles. The number of primary amides is 1. The molecule has 10 nitrogen and oxygen atoms in total. The molecule has 3 amide bonds. The summed E-state index contributed by atoms with van der Waals surface area (Å²) in [7, 11) is 0. The fraction of sp³-hybridized carbons (Fsp3) is 0.654. The van der Waals surface area contributed by atoms with Crippen LogP contribution in [0, 0.1) is 0 Å². The molecule has 2 aliphatic rings. The third-order valence-electron chi connectivity index (χ3n) is 6.64. The van der Waals surface area contributed by atoms with Crippen LogP contribution in [-0.4, -0.2) is 89.8 Å². The molecule has 12 heteroatoms. The van der Waals surface area contributed by atoms with Crippen LogP contribution in [0.25, 0.3) is 0 Å². The molecule has 4 N–H and O–H groups in total. The van der Waals surface area contributed by atoms with Gasteiger partial charge in [-0.05, 0) is 25.0 Å². The van der Waals surface area contributed by atoms with E-state index in [0.29, 0.717) is 50.4 Å². The van der Waals surface area contributed by atoms with E-state index in [1.165, 1.54) is 0 Å². The second-order valence-corrected chi connectivity index (χ2v) is 12.0. The van der Waals surface area contributed by atoms with Crippen molar-refractivity contribution >= 4 is 47.5 Å². The van der Waals surface area contributed by atoms with Crippen LogP contribution in [0.3, 0.4) is 0 Å². The predicted octanol–water partition coefficient (Wildman–Crippen LogP) is 1.26. The number of aldehydes is 1. The van der Waals surface area contributed by atoms with Crippen LogP contribution in [0.15, 0.2) is 18.2 Å². The molecule has 0 aromatic carbocycles. The van der Waals surface area contributed by atoms with E-state index in [-0.39, 0.29) is 30.3 Å². The Morgan fingerprint density at radius 3 is 2.24 bits per heavy atom. The zero-order chi connectivity index (χ0) is 27.2. The average molecular weight is 566 g/mol. The zero-order valence-electron chi connectivity index (χ0n) is 21.8. The molecule has 0 aliphatic carbocycles. The number of hydrogen-bond acceptors (Lipinski definition) is 9. The number of nitrogens with one attached hydrogen (secondary N) is 2. The van der Waals surface area contributed by atoms with E-state index in [0.717, 1.165) is 55.1 Å². The van der Waals surface area contributed by atoms with Crippen molar-refractivity contribution in [2.75, 3.05) is 44.4 Å². The third-order valence-corrected chi connectivity index (χ3v) is 8.63. The van der Waals surface area contributed by atoms with Crippen LogP contribution in [-0.2, 0) is 35.4 Å². The second kappa shape index (κ2) is 16.1. The molecule has 2 aliphatic heterocycles. The van der Waals surface area contributed by atoms with Gasteiger partial charge in [-0.25, -0.2) is 0 Å². The molecule has 2 fully saturated rings. The smallest absolute Gasteiger partial charge is 0.231 e. The van der Waals surface area contributed by atoms with Crippen LogP contribution in [0.4, 0.5) is 0 Å². The molecule has 0 spiro atoms. The van der Waals surface area contributed by atoms with Gasteiger partial charge >= 0.3 is 0 Å². The summed E-state index contributed by atoms with van der Waals surface area (Å²) >= 11 is 3.32. The number of carbonyl (C=O) groups excluding carboxylic acids is 4. The number of rotatable bonds is 15. The molecular formula is C26H39N5O5S2. The van der Waals surface area contributed by atoms with Crippen LogP contribution < -0.4 is 16.4 Å². The minimum Gasteiger partial charge on any atom is -0.381 e. The maximum absolute atomic E-state index is 12.3. The zero-order valence-corrected chi connectivity index (χ0v) is 23.5. The van der Waals surface area contributed by atoms with Gasteiger partial charge in [-0.3, -0.25) is 24.3 Å². The number of likely N-dealkylation sites (tertiary alicyclic amines) is 1. The van der Waals surface area contributed by atoms with Crippen molar-refractivity contribution in [1.82, 2.24) is 20.5 Å². The maximum atomic E-state index is 12.3. The number of piperidine rings is 1. The second-order valence-electron chi connectivity index (χ2n) is 9.74. The standard InChI is InChI=1S/C26H39N5O5S2/c27-23(33)16-31-10-4-20(5-11-31)29-24(34)6-14-37-17-21-2-1-3-22(28-21)18-38-15-7-25(35)30-26(19-32)8-12-36-13-9-26/h1-3,19-20H,4-18H2,(H2,27,33)(H,29,34)(H,30,35). The highest BCUT2D eigenvalue weighted by Gasteiger charge is 2.33. The Balaban J connectivity index is 1.26. The van der Waals surface area contributed by atoms with Crippen LogP contribution >= 0.6 is 23.5 Å². The SMILES string of the molecule is NC(=O)CN1CCC(NC(=O)CCSCc2cccc(CSCCC(=O)NC3(C=O)CCOCC3)n2)CC1. The topological polar surface area (TPSA) is 144 Å². The largest absolute Gasteiger partial charge is 0.381 e. The van der Waals surface area contributed by atoms with Crippen LogP contribution in [0.2, 0.25) is 0 Å². The van der Waals surface area contributed by atoms with Gasteiger partial charge in [0.15, 0.2) is 0 Å². The van der Waals surface area contributed by atoms with Gasteiger partial charge in [0, 0.05) is 81.0 Å². The highest BCUT2D eigenvalue weighted by atomic mass is 32.2. The molecule has 0 saturated carbocycles. The van der Waals surface area contributed by atoms with Crippen molar-refractivity contribution in [3.63, 3.8) is 0 Å². The van der Waals surface area contributed by atoms with Gasteiger partial charge in [0.05, 0.1) is 23.5 Å². The first-order chi connectivity index (χ1) is 18.4. The number of carbonyl (C=O) groups is 4. The van der Waals surface area contributed by atoms with Gasteiger partial charge in [0.2, 0.25) is 17.7 Å². The average Bonchev–Trinajstić information content (AvgIpc) is 2.91. The van der Waals surface area contributed by atoms with Crippen molar-refractivity contribution in [2.45, 2.75) is 61.6 Å². The Morgan fingerprint density at radius 1 is 1.05 bits per heavy atom. The lowest BCUT2D eigenvalue weighted by atomic mass is 9.91. The Labute approximate surface area is 233 Å². The molecule has 3 rings (SSSR count). The summed E-state index contributed by atoms with van der Waals surface area (Å²) < 4.78 is 5.29. The molecule has 1 aromatic heterocycles. The van der Waals surface area contributed by atoms with Gasteiger partial charge in [0.25, 0.3) is 0 Å². The minimum absolute atomic E-state index is 0.0591. The monoisotopic (exact) mass is 565 g/mol. The van der Waals surface area contributed by atoms with E-state index in [1.807, 2.05) is 23.1 Å². The highest BCUT2D eigenvalue weighted by molar-refractivity contribution is 7.98. The van der Waals surface area contributed by atoms with Crippen LogP contribution in [0.5, 0.6) is 0 Å². The normalized spacial score (nSPS) is 18.0. The first kappa shape index (κ1) is 30.4. The maximum Gasteiger partial charge on any atom is 0.231 e. The summed E-state index contributed by atoms with van der Waals surface area (Å²) in [6.45, 7) is 2.80. The number of pyridine rings is 1. The lowest BCUT2D eigenvalue weighted by Gasteiger charge is -2.32. The van der Waals surface area contributed by atoms with E-state index in [1.54, 1.807) is 23.5 Å². The van der Waals surface area contributed by atoms with Crippen molar-refractivity contribution in [3.05, 3.63) is 29.6 Å². The quantitative estimate of drug-likeness (QED) is 0.211. The summed E-state index contributed by atoms with van der Waals surface area (Å²) in [5.74, 6) is 2.44. The highest BCUT2D eigenvalue weighted by Crippen LogP contribution is 2.19. The molecule has 2 saturated heterocycles. The first-order valence-corrected chi connectivity index (χ1v) is 15.4. The lowest BCUT2D eigenvalue weighted by molar-refractivity contribution is -0.129. The van der Waals surface area contributed by atoms with Crippen molar-refractivity contribution in [2.24, 2.45) is 5.73 Å². The molecule has 0 radical (unpaired) electrons. The summed E-state index contributed by atoms with van der Waals surface area (Å²) in [5.41, 5.74) is 6.40. The third kappa shape index (κ3) is 10.9. The van der Waals surface area contributed by atoms with E-state index in [9.17, 15) is 19.2 Å². The lowest BCUT2D eigenvalue weighted by Crippen LogP contribution is -2.53. The summed E-state index contributed by atoms with van der Waals surface area (Å²) in [6.07, 6.45) is 4.37. The molecule has 38 heavy (non-hydrogen) atoms. The van der Waals surface area contributed by atoms with Crippen molar-refractivity contribution in [3.8, 4) is 0 Å². The fourth-order valence-corrected chi connectivity index (χ4v) is 6.16. The van der Waals surface area contributed by atoms with Crippen molar-refractivity contribution < 1.29 is 23.9 Å².